The van der Waals surface area contributed by atoms with Crippen LogP contribution in [0.2, 0.25) is 0 Å². The van der Waals surface area contributed by atoms with Crippen molar-refractivity contribution in [3.05, 3.63) is 63.3 Å². The van der Waals surface area contributed by atoms with E-state index in [4.69, 9.17) is 0 Å². The maximum Gasteiger partial charge on any atom is 0.416 e. The summed E-state index contributed by atoms with van der Waals surface area (Å²) in [5, 5.41) is 0. The molecule has 0 saturated carbocycles. The van der Waals surface area contributed by atoms with Gasteiger partial charge in [-0.1, -0.05) is 30.3 Å². The highest BCUT2D eigenvalue weighted by molar-refractivity contribution is 8.93. The van der Waals surface area contributed by atoms with E-state index in [1.54, 1.807) is 30.5 Å². The quantitative estimate of drug-likeness (QED) is 0.374. The van der Waals surface area contributed by atoms with E-state index in [1.165, 1.54) is 10.4 Å². The number of hydrogen-bond donors (Lipinski definition) is 0. The fourth-order valence-corrected chi connectivity index (χ4v) is 4.52. The lowest BCUT2D eigenvalue weighted by molar-refractivity contribution is -0.137. The number of aromatic nitrogens is 1. The first-order chi connectivity index (χ1) is 11.9. The maximum atomic E-state index is 12.8. The van der Waals surface area contributed by atoms with Gasteiger partial charge in [0.2, 0.25) is 0 Å². The molecule has 0 bridgehead atoms. The largest absolute Gasteiger partial charge is 0.416 e. The van der Waals surface area contributed by atoms with Crippen molar-refractivity contribution in [3.8, 4) is 22.4 Å². The third-order valence-electron chi connectivity index (χ3n) is 4.58. The molecule has 4 rings (SSSR count). The Morgan fingerprint density at radius 3 is 2.31 bits per heavy atom. The molecule has 2 aromatic carbocycles. The van der Waals surface area contributed by atoms with Gasteiger partial charge in [0.1, 0.15) is 0 Å². The first kappa shape index (κ1) is 18.9. The number of alkyl halides is 3. The van der Waals surface area contributed by atoms with Gasteiger partial charge in [0.25, 0.3) is 0 Å². The highest BCUT2D eigenvalue weighted by Gasteiger charge is 2.30. The average molecular weight is 441 g/mol. The van der Waals surface area contributed by atoms with E-state index < -0.39 is 11.7 Å². The SMILES string of the molecule is Br.CN=c1sc2c(n1C)-c1cccc(-c3ccc(C(F)(F)F)cc3)c1C2. The van der Waals surface area contributed by atoms with Gasteiger partial charge in [-0.15, -0.1) is 28.3 Å². The zero-order chi connectivity index (χ0) is 17.8. The summed E-state index contributed by atoms with van der Waals surface area (Å²) in [5.41, 5.74) is 4.65. The minimum absolute atomic E-state index is 0. The van der Waals surface area contributed by atoms with E-state index >= 15 is 0 Å². The van der Waals surface area contributed by atoms with Gasteiger partial charge in [-0.3, -0.25) is 4.99 Å². The van der Waals surface area contributed by atoms with Crippen molar-refractivity contribution >= 4 is 28.3 Å². The molecule has 0 radical (unpaired) electrons. The molecule has 0 aliphatic heterocycles. The standard InChI is InChI=1S/C19H15F3N2S.BrH/c1-23-18-24(2)17-14-5-3-4-13(15(14)10-16(17)25-18)11-6-8-12(9-7-11)19(20,21)22;/h3-9H,10H2,1-2H3;1H. The van der Waals surface area contributed by atoms with Gasteiger partial charge in [-0.2, -0.15) is 13.2 Å². The van der Waals surface area contributed by atoms with Crippen LogP contribution in [0, 0.1) is 0 Å². The van der Waals surface area contributed by atoms with Crippen LogP contribution in [0.4, 0.5) is 13.2 Å². The first-order valence-corrected chi connectivity index (χ1v) is 8.63. The molecule has 0 N–H and O–H groups in total. The monoisotopic (exact) mass is 440 g/mol. The van der Waals surface area contributed by atoms with Gasteiger partial charge < -0.3 is 4.57 Å². The predicted molar refractivity (Wildman–Crippen MR) is 104 cm³/mol. The summed E-state index contributed by atoms with van der Waals surface area (Å²) in [6.07, 6.45) is -3.52. The second kappa shape index (κ2) is 6.70. The number of benzene rings is 2. The van der Waals surface area contributed by atoms with E-state index in [0.717, 1.165) is 45.7 Å². The molecule has 1 aliphatic carbocycles. The normalized spacial score (nSPS) is 13.3. The summed E-state index contributed by atoms with van der Waals surface area (Å²) in [6, 6.07) is 11.4. The van der Waals surface area contributed by atoms with Gasteiger partial charge >= 0.3 is 6.18 Å². The van der Waals surface area contributed by atoms with Crippen LogP contribution in [0.3, 0.4) is 0 Å². The topological polar surface area (TPSA) is 17.3 Å². The van der Waals surface area contributed by atoms with Gasteiger partial charge in [0, 0.05) is 31.0 Å². The molecule has 1 aromatic heterocycles. The first-order valence-electron chi connectivity index (χ1n) is 7.81. The Morgan fingerprint density at radius 2 is 1.69 bits per heavy atom. The lowest BCUT2D eigenvalue weighted by Crippen LogP contribution is -2.10. The van der Waals surface area contributed by atoms with Crippen LogP contribution in [0.5, 0.6) is 0 Å². The van der Waals surface area contributed by atoms with Crippen molar-refractivity contribution in [1.29, 1.82) is 0 Å². The molecule has 2 nitrogen and oxygen atoms in total. The third kappa shape index (κ3) is 2.93. The molecule has 1 heterocycles. The van der Waals surface area contributed by atoms with Gasteiger partial charge in [0.15, 0.2) is 4.80 Å². The number of nitrogens with zero attached hydrogens (tertiary/aromatic N) is 2. The van der Waals surface area contributed by atoms with Crippen LogP contribution in [0.15, 0.2) is 47.5 Å². The van der Waals surface area contributed by atoms with Crippen molar-refractivity contribution in [2.45, 2.75) is 12.6 Å². The van der Waals surface area contributed by atoms with Gasteiger partial charge in [-0.25, -0.2) is 0 Å². The van der Waals surface area contributed by atoms with Crippen LogP contribution >= 0.6 is 28.3 Å². The fourth-order valence-electron chi connectivity index (χ4n) is 3.42. The Balaban J connectivity index is 0.00000196. The van der Waals surface area contributed by atoms with Crippen LogP contribution in [-0.2, 0) is 19.6 Å². The van der Waals surface area contributed by atoms with Crippen molar-refractivity contribution in [2.24, 2.45) is 12.0 Å². The molecule has 136 valence electrons. The summed E-state index contributed by atoms with van der Waals surface area (Å²) in [7, 11) is 3.78. The van der Waals surface area contributed by atoms with Crippen molar-refractivity contribution < 1.29 is 13.2 Å². The number of thiazole rings is 1. The maximum absolute atomic E-state index is 12.8. The molecule has 0 saturated heterocycles. The Hall–Kier alpha value is -1.86. The molecule has 0 fully saturated rings. The van der Waals surface area contributed by atoms with Crippen molar-refractivity contribution in [3.63, 3.8) is 0 Å². The van der Waals surface area contributed by atoms with Gasteiger partial charge in [-0.05, 0) is 28.8 Å². The van der Waals surface area contributed by atoms with Crippen LogP contribution in [-0.4, -0.2) is 11.6 Å². The minimum atomic E-state index is -4.31. The second-order valence-electron chi connectivity index (χ2n) is 6.02. The molecule has 0 atom stereocenters. The smallest absolute Gasteiger partial charge is 0.320 e. The van der Waals surface area contributed by atoms with Crippen LogP contribution < -0.4 is 4.80 Å². The lowest BCUT2D eigenvalue weighted by Gasteiger charge is -2.11. The summed E-state index contributed by atoms with van der Waals surface area (Å²) in [5.74, 6) is 0. The van der Waals surface area contributed by atoms with Crippen molar-refractivity contribution in [2.75, 3.05) is 7.05 Å². The Bertz CT molecular complexity index is 1030. The molecular formula is C19H16BrF3N2S. The Kier molecular flexibility index (Phi) is 4.88. The van der Waals surface area contributed by atoms with Crippen molar-refractivity contribution in [1.82, 2.24) is 4.57 Å². The summed E-state index contributed by atoms with van der Waals surface area (Å²) in [6.45, 7) is 0. The van der Waals surface area contributed by atoms with E-state index in [9.17, 15) is 13.2 Å². The zero-order valence-electron chi connectivity index (χ0n) is 14.1. The Morgan fingerprint density at radius 1 is 1.04 bits per heavy atom. The van der Waals surface area contributed by atoms with E-state index in [1.807, 2.05) is 19.2 Å². The average Bonchev–Trinajstić information content (AvgIpc) is 3.10. The summed E-state index contributed by atoms with van der Waals surface area (Å²) >= 11 is 1.66. The highest BCUT2D eigenvalue weighted by atomic mass is 79.9. The lowest BCUT2D eigenvalue weighted by atomic mass is 9.95. The van der Waals surface area contributed by atoms with E-state index in [-0.39, 0.29) is 17.0 Å². The number of halogens is 4. The predicted octanol–water partition coefficient (Wildman–Crippen LogP) is 5.45. The molecule has 0 spiro atoms. The molecule has 3 aromatic rings. The molecule has 26 heavy (non-hydrogen) atoms. The highest BCUT2D eigenvalue weighted by Crippen LogP contribution is 2.42. The molecular weight excluding hydrogens is 425 g/mol. The minimum Gasteiger partial charge on any atom is -0.320 e. The molecule has 0 amide bonds. The molecule has 0 unspecified atom stereocenters. The van der Waals surface area contributed by atoms with Crippen LogP contribution in [0.1, 0.15) is 16.0 Å². The second-order valence-corrected chi connectivity index (χ2v) is 7.08. The summed E-state index contributed by atoms with van der Waals surface area (Å²) < 4.78 is 40.4. The van der Waals surface area contributed by atoms with E-state index in [2.05, 4.69) is 15.6 Å². The summed E-state index contributed by atoms with van der Waals surface area (Å²) in [4.78, 5) is 6.51. The zero-order valence-corrected chi connectivity index (χ0v) is 16.6. The van der Waals surface area contributed by atoms with E-state index in [0.29, 0.717) is 0 Å². The third-order valence-corrected chi connectivity index (χ3v) is 5.81. The van der Waals surface area contributed by atoms with Crippen LogP contribution in [0.25, 0.3) is 22.4 Å². The fraction of sp³-hybridized carbons (Fsp3) is 0.211. The molecule has 1 aliphatic rings. The number of rotatable bonds is 1. The number of hydrogen-bond acceptors (Lipinski definition) is 2. The Labute approximate surface area is 163 Å². The molecule has 7 heteroatoms. The number of fused-ring (bicyclic) bond motifs is 3. The van der Waals surface area contributed by atoms with Gasteiger partial charge in [0.05, 0.1) is 11.3 Å².